The average molecular weight is 353 g/mol. The summed E-state index contributed by atoms with van der Waals surface area (Å²) < 4.78 is 11.7. The molecule has 1 aromatic rings. The number of nitrogens with zero attached hydrogens (tertiary/aromatic N) is 2. The standard InChI is InChI=1S/C17H27N3O5/c1-16(2,3)24-13(21)8-7-12(14(22)25-17(4,5)6)19-15(23)20-10-9-18-11-20/h9-12H,7-8H2,1-6H3,(H,19,23)/t12-/m0/s1. The van der Waals surface area contributed by atoms with Crippen LogP contribution in [-0.2, 0) is 19.1 Å². The summed E-state index contributed by atoms with van der Waals surface area (Å²) in [5, 5.41) is 2.56. The van der Waals surface area contributed by atoms with E-state index in [0.29, 0.717) is 0 Å². The van der Waals surface area contributed by atoms with Crippen LogP contribution in [0.2, 0.25) is 0 Å². The zero-order valence-corrected chi connectivity index (χ0v) is 15.7. The Morgan fingerprint density at radius 1 is 1.08 bits per heavy atom. The maximum atomic E-state index is 12.3. The van der Waals surface area contributed by atoms with Gasteiger partial charge >= 0.3 is 18.0 Å². The van der Waals surface area contributed by atoms with Crippen LogP contribution in [0.15, 0.2) is 18.7 Å². The molecule has 1 rings (SSSR count). The van der Waals surface area contributed by atoms with Crippen LogP contribution < -0.4 is 5.32 Å². The number of amides is 1. The lowest BCUT2D eigenvalue weighted by Crippen LogP contribution is -2.45. The molecule has 0 aromatic carbocycles. The molecule has 0 saturated carbocycles. The Morgan fingerprint density at radius 3 is 2.16 bits per heavy atom. The summed E-state index contributed by atoms with van der Waals surface area (Å²) in [6, 6.07) is -1.50. The van der Waals surface area contributed by atoms with Crippen LogP contribution in [0.5, 0.6) is 0 Å². The van der Waals surface area contributed by atoms with Gasteiger partial charge in [0, 0.05) is 18.8 Å². The molecule has 1 amide bonds. The number of hydrogen-bond acceptors (Lipinski definition) is 6. The first kappa shape index (κ1) is 20.7. The van der Waals surface area contributed by atoms with Crippen LogP contribution >= 0.6 is 0 Å². The SMILES string of the molecule is CC(C)(C)OC(=O)CC[C@H](NC(=O)n1ccnc1)C(=O)OC(C)(C)C. The predicted molar refractivity (Wildman–Crippen MR) is 90.9 cm³/mol. The molecule has 0 unspecified atom stereocenters. The van der Waals surface area contributed by atoms with E-state index in [0.717, 1.165) is 0 Å². The Hall–Kier alpha value is -2.38. The third kappa shape index (κ3) is 8.32. The van der Waals surface area contributed by atoms with Gasteiger partial charge in [-0.05, 0) is 48.0 Å². The molecule has 0 spiro atoms. The fraction of sp³-hybridized carbons (Fsp3) is 0.647. The van der Waals surface area contributed by atoms with E-state index in [4.69, 9.17) is 9.47 Å². The van der Waals surface area contributed by atoms with Gasteiger partial charge in [-0.2, -0.15) is 0 Å². The van der Waals surface area contributed by atoms with Gasteiger partial charge in [-0.25, -0.2) is 14.6 Å². The zero-order valence-electron chi connectivity index (χ0n) is 15.7. The normalized spacial score (nSPS) is 13.0. The number of carbonyl (C=O) groups is 3. The Morgan fingerprint density at radius 2 is 1.68 bits per heavy atom. The summed E-state index contributed by atoms with van der Waals surface area (Å²) in [6.07, 6.45) is 4.27. The molecule has 140 valence electrons. The molecule has 0 aliphatic heterocycles. The zero-order chi connectivity index (χ0) is 19.3. The Labute approximate surface area is 147 Å². The fourth-order valence-corrected chi connectivity index (χ4v) is 1.88. The van der Waals surface area contributed by atoms with Crippen molar-refractivity contribution in [3.63, 3.8) is 0 Å². The van der Waals surface area contributed by atoms with E-state index < -0.39 is 35.2 Å². The monoisotopic (exact) mass is 353 g/mol. The molecular formula is C17H27N3O5. The van der Waals surface area contributed by atoms with E-state index >= 15 is 0 Å². The number of ether oxygens (including phenoxy) is 2. The second-order valence-corrected chi connectivity index (χ2v) is 7.63. The van der Waals surface area contributed by atoms with Crippen molar-refractivity contribution in [3.8, 4) is 0 Å². The Kier molecular flexibility index (Phi) is 6.72. The van der Waals surface area contributed by atoms with Gasteiger partial charge in [0.25, 0.3) is 0 Å². The Balaban J connectivity index is 2.75. The van der Waals surface area contributed by atoms with Gasteiger partial charge in [0.2, 0.25) is 0 Å². The highest BCUT2D eigenvalue weighted by Crippen LogP contribution is 2.13. The molecule has 0 fully saturated rings. The quantitative estimate of drug-likeness (QED) is 0.815. The number of nitrogens with one attached hydrogen (secondary N) is 1. The third-order valence-electron chi connectivity index (χ3n) is 2.79. The predicted octanol–water partition coefficient (Wildman–Crippen LogP) is 2.27. The van der Waals surface area contributed by atoms with Crippen LogP contribution in [0.3, 0.4) is 0 Å². The van der Waals surface area contributed by atoms with Gasteiger partial charge in [-0.1, -0.05) is 0 Å². The van der Waals surface area contributed by atoms with Crippen molar-refractivity contribution >= 4 is 18.0 Å². The second kappa shape index (κ2) is 8.13. The number of imidazole rings is 1. The van der Waals surface area contributed by atoms with Crippen molar-refractivity contribution in [2.24, 2.45) is 0 Å². The Bertz CT molecular complexity index is 597. The lowest BCUT2D eigenvalue weighted by atomic mass is 10.1. The molecule has 1 aromatic heterocycles. The van der Waals surface area contributed by atoms with Crippen molar-refractivity contribution < 1.29 is 23.9 Å². The minimum atomic E-state index is -0.971. The molecule has 0 aliphatic rings. The van der Waals surface area contributed by atoms with Gasteiger partial charge in [0.1, 0.15) is 23.6 Å². The summed E-state index contributed by atoms with van der Waals surface area (Å²) in [7, 11) is 0. The smallest absolute Gasteiger partial charge is 0.329 e. The highest BCUT2D eigenvalue weighted by Gasteiger charge is 2.28. The minimum Gasteiger partial charge on any atom is -0.460 e. The summed E-state index contributed by atoms with van der Waals surface area (Å²) >= 11 is 0. The van der Waals surface area contributed by atoms with Gasteiger partial charge < -0.3 is 14.8 Å². The number of hydrogen-bond donors (Lipinski definition) is 1. The number of carbonyl (C=O) groups excluding carboxylic acids is 3. The van der Waals surface area contributed by atoms with Crippen molar-refractivity contribution in [1.82, 2.24) is 14.9 Å². The summed E-state index contributed by atoms with van der Waals surface area (Å²) in [6.45, 7) is 10.5. The van der Waals surface area contributed by atoms with E-state index in [1.54, 1.807) is 41.5 Å². The van der Waals surface area contributed by atoms with Crippen LogP contribution in [-0.4, -0.2) is 44.8 Å². The van der Waals surface area contributed by atoms with Crippen molar-refractivity contribution in [1.29, 1.82) is 0 Å². The van der Waals surface area contributed by atoms with Crippen LogP contribution in [0, 0.1) is 0 Å². The average Bonchev–Trinajstić information content (AvgIpc) is 2.93. The number of rotatable bonds is 5. The van der Waals surface area contributed by atoms with Gasteiger partial charge in [0.05, 0.1) is 0 Å². The first-order valence-electron chi connectivity index (χ1n) is 8.11. The fourth-order valence-electron chi connectivity index (χ4n) is 1.88. The molecule has 0 bridgehead atoms. The highest BCUT2D eigenvalue weighted by atomic mass is 16.6. The van der Waals surface area contributed by atoms with Crippen molar-refractivity contribution in [2.45, 2.75) is 71.6 Å². The molecule has 1 heterocycles. The van der Waals surface area contributed by atoms with Crippen molar-refractivity contribution in [2.75, 3.05) is 0 Å². The van der Waals surface area contributed by atoms with E-state index in [2.05, 4.69) is 10.3 Å². The van der Waals surface area contributed by atoms with Crippen molar-refractivity contribution in [3.05, 3.63) is 18.7 Å². The molecule has 0 saturated heterocycles. The van der Waals surface area contributed by atoms with Crippen LogP contribution in [0.4, 0.5) is 4.79 Å². The molecule has 0 radical (unpaired) electrons. The van der Waals surface area contributed by atoms with E-state index in [9.17, 15) is 14.4 Å². The molecule has 8 nitrogen and oxygen atoms in total. The van der Waals surface area contributed by atoms with Gasteiger partial charge in [0.15, 0.2) is 0 Å². The molecule has 8 heteroatoms. The highest BCUT2D eigenvalue weighted by molar-refractivity contribution is 5.85. The summed E-state index contributed by atoms with van der Waals surface area (Å²) in [4.78, 5) is 40.2. The number of esters is 2. The molecule has 1 N–H and O–H groups in total. The summed E-state index contributed by atoms with van der Waals surface area (Å²) in [5.74, 6) is -1.05. The van der Waals surface area contributed by atoms with E-state index in [1.165, 1.54) is 23.3 Å². The minimum absolute atomic E-state index is 0.0224. The second-order valence-electron chi connectivity index (χ2n) is 7.63. The third-order valence-corrected chi connectivity index (χ3v) is 2.79. The van der Waals surface area contributed by atoms with E-state index in [1.807, 2.05) is 0 Å². The topological polar surface area (TPSA) is 99.5 Å². The largest absolute Gasteiger partial charge is 0.460 e. The maximum Gasteiger partial charge on any atom is 0.329 e. The van der Waals surface area contributed by atoms with Crippen LogP contribution in [0.25, 0.3) is 0 Å². The first-order chi connectivity index (χ1) is 11.4. The molecule has 25 heavy (non-hydrogen) atoms. The molecular weight excluding hydrogens is 326 g/mol. The molecule has 1 atom stereocenters. The van der Waals surface area contributed by atoms with Gasteiger partial charge in [-0.15, -0.1) is 0 Å². The van der Waals surface area contributed by atoms with Gasteiger partial charge in [-0.3, -0.25) is 9.36 Å². The van der Waals surface area contributed by atoms with E-state index in [-0.39, 0.29) is 12.8 Å². The maximum absolute atomic E-state index is 12.3. The first-order valence-corrected chi connectivity index (χ1v) is 8.11. The lowest BCUT2D eigenvalue weighted by Gasteiger charge is -2.25. The number of aromatic nitrogens is 2. The lowest BCUT2D eigenvalue weighted by molar-refractivity contribution is -0.158. The summed E-state index contributed by atoms with van der Waals surface area (Å²) in [5.41, 5.74) is -1.32. The molecule has 0 aliphatic carbocycles. The van der Waals surface area contributed by atoms with Crippen LogP contribution in [0.1, 0.15) is 54.4 Å².